The van der Waals surface area contributed by atoms with Crippen molar-refractivity contribution in [2.45, 2.75) is 6.42 Å². The van der Waals surface area contributed by atoms with Crippen LogP contribution in [0.5, 0.6) is 17.2 Å². The minimum atomic E-state index is -0.368. The Balaban J connectivity index is 1.69. The van der Waals surface area contributed by atoms with Crippen molar-refractivity contribution in [3.8, 4) is 17.2 Å². The van der Waals surface area contributed by atoms with Crippen LogP contribution >= 0.6 is 0 Å². The highest BCUT2D eigenvalue weighted by Gasteiger charge is 2.13. The third kappa shape index (κ3) is 3.60. The predicted molar refractivity (Wildman–Crippen MR) is 85.2 cm³/mol. The molecule has 2 N–H and O–H groups in total. The van der Waals surface area contributed by atoms with Crippen molar-refractivity contribution < 1.29 is 19.4 Å². The number of carbonyl (C=O) groups is 1. The van der Waals surface area contributed by atoms with Gasteiger partial charge in [-0.3, -0.25) is 4.79 Å². The first-order valence-corrected chi connectivity index (χ1v) is 7.25. The summed E-state index contributed by atoms with van der Waals surface area (Å²) in [4.78, 5) is 12.1. The van der Waals surface area contributed by atoms with Crippen molar-refractivity contribution in [1.29, 1.82) is 0 Å². The summed E-state index contributed by atoms with van der Waals surface area (Å²) in [5, 5.41) is 13.5. The zero-order chi connectivity index (χ0) is 16.1. The van der Waals surface area contributed by atoms with Crippen LogP contribution in [0.4, 0.5) is 0 Å². The Morgan fingerprint density at radius 1 is 1.13 bits per heavy atom. The number of rotatable bonds is 3. The van der Waals surface area contributed by atoms with Crippen LogP contribution in [-0.2, 0) is 0 Å². The third-order valence-corrected chi connectivity index (χ3v) is 3.32. The molecule has 0 saturated heterocycles. The minimum Gasteiger partial charge on any atom is -0.507 e. The summed E-state index contributed by atoms with van der Waals surface area (Å²) in [5.41, 5.74) is 3.36. The van der Waals surface area contributed by atoms with Crippen LogP contribution in [-0.4, -0.2) is 30.4 Å². The summed E-state index contributed by atoms with van der Waals surface area (Å²) >= 11 is 0. The van der Waals surface area contributed by atoms with Gasteiger partial charge in [0.05, 0.1) is 19.4 Å². The number of fused-ring (bicyclic) bond motifs is 1. The van der Waals surface area contributed by atoms with Crippen molar-refractivity contribution in [2.24, 2.45) is 5.10 Å². The first kappa shape index (κ1) is 14.9. The van der Waals surface area contributed by atoms with E-state index >= 15 is 0 Å². The molecule has 0 fully saturated rings. The lowest BCUT2D eigenvalue weighted by Gasteiger charge is -2.08. The number of amides is 1. The number of phenols is 1. The highest BCUT2D eigenvalue weighted by atomic mass is 16.5. The summed E-state index contributed by atoms with van der Waals surface area (Å²) in [5.74, 6) is 0.921. The first-order chi connectivity index (χ1) is 11.2. The molecule has 1 aliphatic rings. The predicted octanol–water partition coefficient (Wildman–Crippen LogP) is 2.32. The molecular formula is C17H16N2O4. The lowest BCUT2D eigenvalue weighted by atomic mass is 10.2. The quantitative estimate of drug-likeness (QED) is 0.673. The number of benzene rings is 2. The molecule has 0 aromatic heterocycles. The van der Waals surface area contributed by atoms with Crippen molar-refractivity contribution in [1.82, 2.24) is 5.43 Å². The molecule has 6 heteroatoms. The van der Waals surface area contributed by atoms with E-state index in [0.717, 1.165) is 6.42 Å². The molecule has 118 valence electrons. The average molecular weight is 312 g/mol. The van der Waals surface area contributed by atoms with Gasteiger partial charge >= 0.3 is 0 Å². The topological polar surface area (TPSA) is 80.2 Å². The van der Waals surface area contributed by atoms with Gasteiger partial charge in [-0.15, -0.1) is 0 Å². The Kier molecular flexibility index (Phi) is 4.42. The van der Waals surface area contributed by atoms with E-state index < -0.39 is 0 Å². The average Bonchev–Trinajstić information content (AvgIpc) is 2.81. The molecule has 1 amide bonds. The standard InChI is InChI=1S/C17H16N2O4/c20-14-5-2-1-4-13(14)11-18-19-17(21)12-6-7-15-16(10-12)23-9-3-8-22-15/h1-2,4-7,10-11,20H,3,8-9H2,(H,19,21)/b18-11+. The van der Waals surface area contributed by atoms with Crippen LogP contribution in [0.2, 0.25) is 0 Å². The largest absolute Gasteiger partial charge is 0.507 e. The lowest BCUT2D eigenvalue weighted by Crippen LogP contribution is -2.17. The normalized spacial score (nSPS) is 13.6. The summed E-state index contributed by atoms with van der Waals surface area (Å²) < 4.78 is 11.1. The van der Waals surface area contributed by atoms with Crippen molar-refractivity contribution >= 4 is 12.1 Å². The molecule has 1 heterocycles. The van der Waals surface area contributed by atoms with Gasteiger partial charge < -0.3 is 14.6 Å². The van der Waals surface area contributed by atoms with Crippen LogP contribution in [0.3, 0.4) is 0 Å². The van der Waals surface area contributed by atoms with Crippen LogP contribution in [0.15, 0.2) is 47.6 Å². The van der Waals surface area contributed by atoms with E-state index in [2.05, 4.69) is 10.5 Å². The fourth-order valence-electron chi connectivity index (χ4n) is 2.13. The molecular weight excluding hydrogens is 296 g/mol. The fourth-order valence-corrected chi connectivity index (χ4v) is 2.13. The van der Waals surface area contributed by atoms with Gasteiger partial charge in [-0.25, -0.2) is 5.43 Å². The molecule has 2 aromatic rings. The lowest BCUT2D eigenvalue weighted by molar-refractivity contribution is 0.0954. The van der Waals surface area contributed by atoms with Crippen LogP contribution in [0.25, 0.3) is 0 Å². The number of phenolic OH excluding ortho intramolecular Hbond substituents is 1. The number of ether oxygens (including phenoxy) is 2. The fraction of sp³-hybridized carbons (Fsp3) is 0.176. The van der Waals surface area contributed by atoms with Gasteiger partial charge in [0.2, 0.25) is 0 Å². The number of hydrogen-bond acceptors (Lipinski definition) is 5. The molecule has 23 heavy (non-hydrogen) atoms. The molecule has 0 spiro atoms. The van der Waals surface area contributed by atoms with E-state index in [-0.39, 0.29) is 11.7 Å². The number of nitrogens with zero attached hydrogens (tertiary/aromatic N) is 1. The van der Waals surface area contributed by atoms with Crippen LogP contribution in [0, 0.1) is 0 Å². The van der Waals surface area contributed by atoms with Gasteiger partial charge in [0.1, 0.15) is 5.75 Å². The second-order valence-corrected chi connectivity index (χ2v) is 4.97. The molecule has 0 atom stereocenters. The van der Waals surface area contributed by atoms with E-state index in [9.17, 15) is 9.90 Å². The number of nitrogens with one attached hydrogen (secondary N) is 1. The number of para-hydroxylation sites is 1. The highest BCUT2D eigenvalue weighted by Crippen LogP contribution is 2.30. The number of hydrazone groups is 1. The van der Waals surface area contributed by atoms with Gasteiger partial charge in [-0.2, -0.15) is 5.10 Å². The Bertz CT molecular complexity index is 743. The maximum Gasteiger partial charge on any atom is 0.271 e. The highest BCUT2D eigenvalue weighted by molar-refractivity contribution is 5.95. The Morgan fingerprint density at radius 2 is 1.91 bits per heavy atom. The van der Waals surface area contributed by atoms with Crippen LogP contribution in [0.1, 0.15) is 22.3 Å². The molecule has 0 unspecified atom stereocenters. The molecule has 6 nitrogen and oxygen atoms in total. The van der Waals surface area contributed by atoms with Gasteiger partial charge in [0.25, 0.3) is 5.91 Å². The molecule has 0 radical (unpaired) electrons. The molecule has 2 aromatic carbocycles. The SMILES string of the molecule is O=C(N/N=C/c1ccccc1O)c1ccc2c(c1)OCCCO2. The van der Waals surface area contributed by atoms with E-state index in [0.29, 0.717) is 35.8 Å². The van der Waals surface area contributed by atoms with E-state index in [1.165, 1.54) is 6.21 Å². The second-order valence-electron chi connectivity index (χ2n) is 4.97. The molecule has 1 aliphatic heterocycles. The molecule has 0 aliphatic carbocycles. The van der Waals surface area contributed by atoms with Gasteiger partial charge in [0, 0.05) is 17.5 Å². The summed E-state index contributed by atoms with van der Waals surface area (Å²) in [6.07, 6.45) is 2.19. The molecule has 3 rings (SSSR count). The maximum absolute atomic E-state index is 12.1. The van der Waals surface area contributed by atoms with Crippen LogP contribution < -0.4 is 14.9 Å². The zero-order valence-electron chi connectivity index (χ0n) is 12.4. The monoisotopic (exact) mass is 312 g/mol. The van der Waals surface area contributed by atoms with E-state index in [4.69, 9.17) is 9.47 Å². The van der Waals surface area contributed by atoms with Gasteiger partial charge in [-0.1, -0.05) is 12.1 Å². The van der Waals surface area contributed by atoms with E-state index in [1.54, 1.807) is 42.5 Å². The van der Waals surface area contributed by atoms with E-state index in [1.807, 2.05) is 0 Å². The maximum atomic E-state index is 12.1. The van der Waals surface area contributed by atoms with Crippen molar-refractivity contribution in [3.05, 3.63) is 53.6 Å². The third-order valence-electron chi connectivity index (χ3n) is 3.32. The Hall–Kier alpha value is -3.02. The summed E-state index contributed by atoms with van der Waals surface area (Å²) in [6.45, 7) is 1.16. The molecule has 0 bridgehead atoms. The first-order valence-electron chi connectivity index (χ1n) is 7.25. The Morgan fingerprint density at radius 3 is 2.74 bits per heavy atom. The van der Waals surface area contributed by atoms with Gasteiger partial charge in [-0.05, 0) is 30.3 Å². The second kappa shape index (κ2) is 6.83. The van der Waals surface area contributed by atoms with Crippen molar-refractivity contribution in [2.75, 3.05) is 13.2 Å². The smallest absolute Gasteiger partial charge is 0.271 e. The van der Waals surface area contributed by atoms with Crippen molar-refractivity contribution in [3.63, 3.8) is 0 Å². The minimum absolute atomic E-state index is 0.0982. The summed E-state index contributed by atoms with van der Waals surface area (Å²) in [6, 6.07) is 11.7. The van der Waals surface area contributed by atoms with Gasteiger partial charge in [0.15, 0.2) is 11.5 Å². The zero-order valence-corrected chi connectivity index (χ0v) is 12.4. The number of aromatic hydroxyl groups is 1. The Labute approximate surface area is 133 Å². The number of hydrogen-bond donors (Lipinski definition) is 2. The number of carbonyl (C=O) groups excluding carboxylic acids is 1. The molecule has 0 saturated carbocycles. The summed E-state index contributed by atoms with van der Waals surface area (Å²) in [7, 11) is 0.